The van der Waals surface area contributed by atoms with Gasteiger partial charge in [-0.25, -0.2) is 8.78 Å². The zero-order valence-electron chi connectivity index (χ0n) is 10.2. The molecule has 0 amide bonds. The molecule has 20 heavy (non-hydrogen) atoms. The molecular weight excluding hydrogens is 307 g/mol. The zero-order valence-corrected chi connectivity index (χ0v) is 11.7. The summed E-state index contributed by atoms with van der Waals surface area (Å²) in [7, 11) is 0. The average molecular weight is 318 g/mol. The number of anilines is 1. The minimum atomic E-state index is -0.990. The topological polar surface area (TPSA) is 32.3 Å². The van der Waals surface area contributed by atoms with Crippen LogP contribution in [0.4, 0.5) is 14.5 Å². The fourth-order valence-corrected chi connectivity index (χ4v) is 1.96. The maximum atomic E-state index is 13.1. The molecule has 0 heterocycles. The Kier molecular flexibility index (Phi) is 4.81. The normalized spacial score (nSPS) is 12.2. The molecule has 2 aromatic carbocycles. The predicted octanol–water partition coefficient (Wildman–Crippen LogP) is 4.42. The summed E-state index contributed by atoms with van der Waals surface area (Å²) in [5, 5.41) is 13.7. The molecule has 0 bridgehead atoms. The highest BCUT2D eigenvalue weighted by Gasteiger charge is 2.11. The smallest absolute Gasteiger partial charge is 0.159 e. The maximum absolute atomic E-state index is 13.1. The molecule has 0 aliphatic carbocycles. The Morgan fingerprint density at radius 3 is 2.40 bits per heavy atom. The van der Waals surface area contributed by atoms with Crippen LogP contribution in [0.2, 0.25) is 10.0 Å². The third kappa shape index (κ3) is 3.60. The Labute approximate surface area is 125 Å². The third-order valence-electron chi connectivity index (χ3n) is 2.75. The Hall–Kier alpha value is -1.36. The van der Waals surface area contributed by atoms with Crippen LogP contribution in [0, 0.1) is 11.6 Å². The van der Waals surface area contributed by atoms with Gasteiger partial charge in [-0.3, -0.25) is 0 Å². The summed E-state index contributed by atoms with van der Waals surface area (Å²) in [5.41, 5.74) is 0.956. The molecule has 2 rings (SSSR count). The van der Waals surface area contributed by atoms with E-state index in [0.717, 1.165) is 12.1 Å². The van der Waals surface area contributed by atoms with Gasteiger partial charge >= 0.3 is 0 Å². The van der Waals surface area contributed by atoms with E-state index < -0.39 is 17.7 Å². The Bertz CT molecular complexity index is 622. The van der Waals surface area contributed by atoms with Crippen LogP contribution < -0.4 is 5.32 Å². The van der Waals surface area contributed by atoms with E-state index in [0.29, 0.717) is 15.7 Å². The minimum Gasteiger partial charge on any atom is -0.387 e. The second kappa shape index (κ2) is 6.39. The molecule has 2 nitrogen and oxygen atoms in total. The zero-order chi connectivity index (χ0) is 14.7. The number of nitrogens with one attached hydrogen (secondary N) is 1. The first kappa shape index (κ1) is 15.0. The highest BCUT2D eigenvalue weighted by molar-refractivity contribution is 6.42. The summed E-state index contributed by atoms with van der Waals surface area (Å²) in [6.07, 6.45) is -0.973. The molecule has 2 aromatic rings. The first-order valence-corrected chi connectivity index (χ1v) is 6.55. The molecule has 0 aliphatic heterocycles. The van der Waals surface area contributed by atoms with Crippen molar-refractivity contribution in [2.45, 2.75) is 6.10 Å². The van der Waals surface area contributed by atoms with Gasteiger partial charge in [0.2, 0.25) is 0 Å². The second-order valence-electron chi connectivity index (χ2n) is 4.20. The lowest BCUT2D eigenvalue weighted by molar-refractivity contribution is 0.191. The minimum absolute atomic E-state index is 0.128. The first-order chi connectivity index (χ1) is 9.47. The molecule has 0 saturated carbocycles. The maximum Gasteiger partial charge on any atom is 0.159 e. The van der Waals surface area contributed by atoms with Gasteiger partial charge in [0.15, 0.2) is 11.6 Å². The van der Waals surface area contributed by atoms with Crippen molar-refractivity contribution in [2.75, 3.05) is 11.9 Å². The highest BCUT2D eigenvalue weighted by atomic mass is 35.5. The molecule has 0 spiro atoms. The Morgan fingerprint density at radius 1 is 1.00 bits per heavy atom. The molecule has 0 aliphatic rings. The fourth-order valence-electron chi connectivity index (χ4n) is 1.66. The standard InChI is InChI=1S/C14H11Cl2F2NO/c15-10-3-2-9(6-11(10)16)19-7-14(20)8-1-4-12(17)13(18)5-8/h1-6,14,19-20H,7H2. The molecule has 6 heteroatoms. The Morgan fingerprint density at radius 2 is 1.75 bits per heavy atom. The van der Waals surface area contributed by atoms with Crippen molar-refractivity contribution >= 4 is 28.9 Å². The summed E-state index contributed by atoms with van der Waals surface area (Å²) in [4.78, 5) is 0. The van der Waals surface area contributed by atoms with Crippen LogP contribution in [0.5, 0.6) is 0 Å². The second-order valence-corrected chi connectivity index (χ2v) is 5.01. The molecule has 2 N–H and O–H groups in total. The van der Waals surface area contributed by atoms with E-state index in [2.05, 4.69) is 5.32 Å². The van der Waals surface area contributed by atoms with E-state index in [9.17, 15) is 13.9 Å². The number of benzene rings is 2. The van der Waals surface area contributed by atoms with E-state index in [1.807, 2.05) is 0 Å². The third-order valence-corrected chi connectivity index (χ3v) is 3.49. The number of halogens is 4. The summed E-state index contributed by atoms with van der Waals surface area (Å²) in [5.74, 6) is -1.94. The van der Waals surface area contributed by atoms with Gasteiger partial charge in [0.05, 0.1) is 16.1 Å². The van der Waals surface area contributed by atoms with Gasteiger partial charge in [0.25, 0.3) is 0 Å². The fraction of sp³-hybridized carbons (Fsp3) is 0.143. The van der Waals surface area contributed by atoms with Crippen LogP contribution in [-0.4, -0.2) is 11.7 Å². The quantitative estimate of drug-likeness (QED) is 0.875. The van der Waals surface area contributed by atoms with Gasteiger partial charge in [-0.05, 0) is 35.9 Å². The van der Waals surface area contributed by atoms with Gasteiger partial charge in [-0.1, -0.05) is 29.3 Å². The van der Waals surface area contributed by atoms with E-state index in [1.165, 1.54) is 6.07 Å². The largest absolute Gasteiger partial charge is 0.387 e. The molecule has 1 atom stereocenters. The molecule has 0 aromatic heterocycles. The van der Waals surface area contributed by atoms with Crippen molar-refractivity contribution in [2.24, 2.45) is 0 Å². The molecular formula is C14H11Cl2F2NO. The molecule has 0 fully saturated rings. The lowest BCUT2D eigenvalue weighted by Crippen LogP contribution is -2.12. The van der Waals surface area contributed by atoms with Crippen molar-refractivity contribution in [3.8, 4) is 0 Å². The number of rotatable bonds is 4. The van der Waals surface area contributed by atoms with Crippen molar-refractivity contribution in [3.05, 3.63) is 63.6 Å². The van der Waals surface area contributed by atoms with Crippen LogP contribution in [-0.2, 0) is 0 Å². The summed E-state index contributed by atoms with van der Waals surface area (Å²) < 4.78 is 25.9. The average Bonchev–Trinajstić information content (AvgIpc) is 2.43. The number of hydrogen-bond donors (Lipinski definition) is 2. The van der Waals surface area contributed by atoms with Crippen LogP contribution in [0.1, 0.15) is 11.7 Å². The molecule has 106 valence electrons. The van der Waals surface area contributed by atoms with Crippen LogP contribution in [0.25, 0.3) is 0 Å². The van der Waals surface area contributed by atoms with Gasteiger partial charge in [0, 0.05) is 12.2 Å². The van der Waals surface area contributed by atoms with Gasteiger partial charge < -0.3 is 10.4 Å². The lowest BCUT2D eigenvalue weighted by atomic mass is 10.1. The monoisotopic (exact) mass is 317 g/mol. The van der Waals surface area contributed by atoms with E-state index in [-0.39, 0.29) is 12.1 Å². The number of hydrogen-bond acceptors (Lipinski definition) is 2. The van der Waals surface area contributed by atoms with Crippen LogP contribution >= 0.6 is 23.2 Å². The van der Waals surface area contributed by atoms with Crippen molar-refractivity contribution in [1.82, 2.24) is 0 Å². The first-order valence-electron chi connectivity index (χ1n) is 5.79. The molecule has 0 saturated heterocycles. The van der Waals surface area contributed by atoms with Crippen molar-refractivity contribution in [3.63, 3.8) is 0 Å². The lowest BCUT2D eigenvalue weighted by Gasteiger charge is -2.14. The van der Waals surface area contributed by atoms with Crippen LogP contribution in [0.15, 0.2) is 36.4 Å². The number of aliphatic hydroxyl groups is 1. The summed E-state index contributed by atoms with van der Waals surface area (Å²) in [6, 6.07) is 8.22. The Balaban J connectivity index is 2.02. The summed E-state index contributed by atoms with van der Waals surface area (Å²) >= 11 is 11.6. The van der Waals surface area contributed by atoms with Crippen molar-refractivity contribution < 1.29 is 13.9 Å². The van der Waals surface area contributed by atoms with E-state index in [1.54, 1.807) is 18.2 Å². The molecule has 0 radical (unpaired) electrons. The predicted molar refractivity (Wildman–Crippen MR) is 76.3 cm³/mol. The van der Waals surface area contributed by atoms with E-state index in [4.69, 9.17) is 23.2 Å². The summed E-state index contributed by atoms with van der Waals surface area (Å²) in [6.45, 7) is 0.128. The van der Waals surface area contributed by atoms with E-state index >= 15 is 0 Å². The SMILES string of the molecule is OC(CNc1ccc(Cl)c(Cl)c1)c1ccc(F)c(F)c1. The number of aliphatic hydroxyl groups excluding tert-OH is 1. The van der Waals surface area contributed by atoms with Crippen molar-refractivity contribution in [1.29, 1.82) is 0 Å². The van der Waals surface area contributed by atoms with Gasteiger partial charge in [0.1, 0.15) is 0 Å². The van der Waals surface area contributed by atoms with Gasteiger partial charge in [-0.15, -0.1) is 0 Å². The molecule has 1 unspecified atom stereocenters. The van der Waals surface area contributed by atoms with Gasteiger partial charge in [-0.2, -0.15) is 0 Å². The highest BCUT2D eigenvalue weighted by Crippen LogP contribution is 2.25. The van der Waals surface area contributed by atoms with Crippen LogP contribution in [0.3, 0.4) is 0 Å².